The van der Waals surface area contributed by atoms with Crippen molar-refractivity contribution >= 4 is 39.4 Å². The van der Waals surface area contributed by atoms with E-state index in [1.807, 2.05) is 57.3 Å². The predicted molar refractivity (Wildman–Crippen MR) is 154 cm³/mol. The maximum Gasteiger partial charge on any atom is 0.410 e. The third-order valence-electron chi connectivity index (χ3n) is 7.22. The number of amides is 1. The van der Waals surface area contributed by atoms with Crippen LogP contribution >= 0.6 is 11.6 Å². The van der Waals surface area contributed by atoms with Crippen molar-refractivity contribution in [2.24, 2.45) is 0 Å². The minimum atomic E-state index is -0.496. The van der Waals surface area contributed by atoms with Gasteiger partial charge in [-0.15, -0.1) is 0 Å². The highest BCUT2D eigenvalue weighted by Crippen LogP contribution is 2.39. The topological polar surface area (TPSA) is 60.2 Å². The average molecular weight is 532 g/mol. The molecule has 0 radical (unpaired) electrons. The van der Waals surface area contributed by atoms with E-state index in [1.54, 1.807) is 0 Å². The summed E-state index contributed by atoms with van der Waals surface area (Å²) in [6.07, 6.45) is 9.29. The second-order valence-corrected chi connectivity index (χ2v) is 11.7. The van der Waals surface area contributed by atoms with Gasteiger partial charge in [0.25, 0.3) is 0 Å². The molecule has 0 unspecified atom stereocenters. The van der Waals surface area contributed by atoms with Gasteiger partial charge in [-0.2, -0.15) is 0 Å². The molecule has 38 heavy (non-hydrogen) atoms. The van der Waals surface area contributed by atoms with Crippen molar-refractivity contribution in [3.63, 3.8) is 0 Å². The monoisotopic (exact) mass is 531 g/mol. The summed E-state index contributed by atoms with van der Waals surface area (Å²) in [5.74, 6) is 0.281. The zero-order valence-electron chi connectivity index (χ0n) is 22.7. The van der Waals surface area contributed by atoms with Crippen LogP contribution in [-0.4, -0.2) is 44.2 Å². The van der Waals surface area contributed by atoms with Gasteiger partial charge in [0.2, 0.25) is 0 Å². The summed E-state index contributed by atoms with van der Waals surface area (Å²) in [6.45, 7) is 9.98. The number of likely N-dealkylation sites (tertiary alicyclic amines) is 1. The van der Waals surface area contributed by atoms with E-state index in [0.717, 1.165) is 53.8 Å². The molecule has 4 aromatic rings. The molecule has 0 aliphatic carbocycles. The van der Waals surface area contributed by atoms with Crippen LogP contribution in [0.1, 0.15) is 62.8 Å². The summed E-state index contributed by atoms with van der Waals surface area (Å²) in [7, 11) is 0. The Morgan fingerprint density at radius 2 is 1.95 bits per heavy atom. The first-order chi connectivity index (χ1) is 18.2. The number of carbonyl (C=O) groups excluding carboxylic acids is 1. The molecule has 2 aromatic heterocycles. The van der Waals surface area contributed by atoms with E-state index in [1.165, 1.54) is 21.9 Å². The molecular formula is C31H36ClN4O2+. The SMILES string of the molecule is Cc1cn(CCCc2c[c+]3cc(Cl)ccc3c(C3CCN(C(=O)OC(C)(C)C)CC3)c3ncccc23)cn1. The molecule has 198 valence electrons. The van der Waals surface area contributed by atoms with Crippen LogP contribution < -0.4 is 0 Å². The Morgan fingerprint density at radius 1 is 1.16 bits per heavy atom. The molecule has 2 aromatic carbocycles. The van der Waals surface area contributed by atoms with E-state index in [4.69, 9.17) is 21.3 Å². The highest BCUT2D eigenvalue weighted by Gasteiger charge is 2.31. The lowest BCUT2D eigenvalue weighted by Crippen LogP contribution is -2.41. The van der Waals surface area contributed by atoms with Gasteiger partial charge in [0.1, 0.15) is 16.1 Å². The first-order valence-electron chi connectivity index (χ1n) is 13.5. The summed E-state index contributed by atoms with van der Waals surface area (Å²) in [4.78, 5) is 23.8. The van der Waals surface area contributed by atoms with E-state index in [-0.39, 0.29) is 12.0 Å². The van der Waals surface area contributed by atoms with Gasteiger partial charge in [-0.3, -0.25) is 0 Å². The molecule has 1 aliphatic rings. The van der Waals surface area contributed by atoms with Crippen LogP contribution in [0.2, 0.25) is 5.02 Å². The number of pyridine rings is 1. The molecule has 3 heterocycles. The van der Waals surface area contributed by atoms with Crippen LogP contribution in [-0.2, 0) is 17.7 Å². The smallest absolute Gasteiger partial charge is 0.410 e. The Balaban J connectivity index is 1.51. The number of imidazole rings is 1. The Labute approximate surface area is 229 Å². The summed E-state index contributed by atoms with van der Waals surface area (Å²) >= 11 is 6.49. The zero-order chi connectivity index (χ0) is 26.9. The zero-order valence-corrected chi connectivity index (χ0v) is 23.5. The first-order valence-corrected chi connectivity index (χ1v) is 13.8. The number of aryl methyl sites for hydroxylation is 3. The number of aromatic nitrogens is 3. The number of hydrogen-bond donors (Lipinski definition) is 0. The van der Waals surface area contributed by atoms with Crippen molar-refractivity contribution < 1.29 is 9.53 Å². The van der Waals surface area contributed by atoms with Crippen molar-refractivity contribution in [3.8, 4) is 0 Å². The lowest BCUT2D eigenvalue weighted by atomic mass is 9.86. The van der Waals surface area contributed by atoms with Crippen LogP contribution in [0.5, 0.6) is 0 Å². The summed E-state index contributed by atoms with van der Waals surface area (Å²) in [5.41, 5.74) is 4.12. The van der Waals surface area contributed by atoms with Crippen LogP contribution in [0.3, 0.4) is 0 Å². The van der Waals surface area contributed by atoms with E-state index < -0.39 is 5.60 Å². The van der Waals surface area contributed by atoms with Gasteiger partial charge in [-0.1, -0.05) is 0 Å². The number of ether oxygens (including phenoxy) is 1. The summed E-state index contributed by atoms with van der Waals surface area (Å²) in [6, 6.07) is 12.7. The molecule has 1 fully saturated rings. The molecule has 5 rings (SSSR count). The highest BCUT2D eigenvalue weighted by atomic mass is 35.5. The third kappa shape index (κ3) is 5.91. The number of fused-ring (bicyclic) bond motifs is 2. The molecule has 0 N–H and O–H groups in total. The molecule has 1 saturated heterocycles. The quantitative estimate of drug-likeness (QED) is 0.249. The van der Waals surface area contributed by atoms with Crippen molar-refractivity contribution in [1.82, 2.24) is 19.4 Å². The van der Waals surface area contributed by atoms with Crippen LogP contribution in [0.4, 0.5) is 4.79 Å². The van der Waals surface area contributed by atoms with E-state index >= 15 is 0 Å². The summed E-state index contributed by atoms with van der Waals surface area (Å²) < 4.78 is 7.78. The molecule has 7 heteroatoms. The van der Waals surface area contributed by atoms with Crippen molar-refractivity contribution in [2.75, 3.05) is 13.1 Å². The number of nitrogens with zero attached hydrogens (tertiary/aromatic N) is 4. The lowest BCUT2D eigenvalue weighted by Gasteiger charge is -2.33. The highest BCUT2D eigenvalue weighted by molar-refractivity contribution is 6.31. The van der Waals surface area contributed by atoms with Gasteiger partial charge >= 0.3 is 6.09 Å². The van der Waals surface area contributed by atoms with Gasteiger partial charge in [-0.05, 0) is 70.7 Å². The number of halogens is 1. The van der Waals surface area contributed by atoms with Gasteiger partial charge < -0.3 is 14.2 Å². The number of benzene rings is 1. The first kappa shape index (κ1) is 26.4. The molecule has 1 amide bonds. The fourth-order valence-corrected chi connectivity index (χ4v) is 5.69. The van der Waals surface area contributed by atoms with E-state index in [0.29, 0.717) is 13.1 Å². The number of hydrogen-bond acceptors (Lipinski definition) is 4. The van der Waals surface area contributed by atoms with Crippen molar-refractivity contribution in [2.45, 2.75) is 71.4 Å². The molecule has 6 nitrogen and oxygen atoms in total. The molecule has 0 atom stereocenters. The van der Waals surface area contributed by atoms with Gasteiger partial charge in [-0.25, -0.2) is 14.8 Å². The maximum atomic E-state index is 12.7. The Hall–Kier alpha value is -3.25. The fraction of sp³-hybridized carbons (Fsp3) is 0.419. The second-order valence-electron chi connectivity index (χ2n) is 11.3. The molecule has 0 saturated carbocycles. The molecular weight excluding hydrogens is 496 g/mol. The molecule has 0 bridgehead atoms. The minimum absolute atomic E-state index is 0.232. The van der Waals surface area contributed by atoms with Gasteiger partial charge in [0.15, 0.2) is 0 Å². The van der Waals surface area contributed by atoms with E-state index in [9.17, 15) is 4.79 Å². The van der Waals surface area contributed by atoms with Crippen LogP contribution in [0.15, 0.2) is 55.1 Å². The second kappa shape index (κ2) is 10.9. The standard InChI is InChI=1S/C31H36ClN4O2/c1-21-19-35(20-34-21)14-6-7-23-17-24-18-25(32)9-10-26(24)28(29-27(23)8-5-13-33-29)22-11-15-36(16-12-22)30(37)38-31(2,3)4/h5,8-10,13,17-20,22H,6-7,11-12,14-16H2,1-4H3/q+1. The van der Waals surface area contributed by atoms with Crippen LogP contribution in [0.25, 0.3) is 21.7 Å². The Kier molecular flexibility index (Phi) is 7.53. The van der Waals surface area contributed by atoms with Crippen LogP contribution in [0, 0.1) is 6.92 Å². The number of piperidine rings is 1. The van der Waals surface area contributed by atoms with Gasteiger partial charge in [0, 0.05) is 79.6 Å². The number of rotatable bonds is 5. The molecule has 0 spiro atoms. The average Bonchev–Trinajstić information content (AvgIpc) is 3.23. The maximum absolute atomic E-state index is 12.7. The minimum Gasteiger partial charge on any atom is -0.444 e. The van der Waals surface area contributed by atoms with Gasteiger partial charge in [0.05, 0.1) is 28.4 Å². The Bertz CT molecular complexity index is 1470. The Morgan fingerprint density at radius 3 is 2.66 bits per heavy atom. The van der Waals surface area contributed by atoms with Crippen molar-refractivity contribution in [3.05, 3.63) is 77.0 Å². The third-order valence-corrected chi connectivity index (χ3v) is 7.46. The normalized spacial score (nSPS) is 14.8. The van der Waals surface area contributed by atoms with Crippen molar-refractivity contribution in [1.29, 1.82) is 0 Å². The predicted octanol–water partition coefficient (Wildman–Crippen LogP) is 7.57. The summed E-state index contributed by atoms with van der Waals surface area (Å²) in [5, 5.41) is 4.23. The fourth-order valence-electron chi connectivity index (χ4n) is 5.51. The van der Waals surface area contributed by atoms with E-state index in [2.05, 4.69) is 40.0 Å². The molecule has 1 aliphatic heterocycles. The number of carbonyl (C=O) groups is 1. The largest absolute Gasteiger partial charge is 0.444 e. The lowest BCUT2D eigenvalue weighted by molar-refractivity contribution is 0.0205.